The van der Waals surface area contributed by atoms with Gasteiger partial charge < -0.3 is 39.0 Å². The number of epoxide rings is 1. The van der Waals surface area contributed by atoms with E-state index in [1.807, 2.05) is 32.1 Å². The Morgan fingerprint density at radius 3 is 2.21 bits per heavy atom. The molecule has 0 spiro atoms. The molecule has 9 atom stereocenters. The number of hydrogen-bond donors (Lipinski definition) is 3. The van der Waals surface area contributed by atoms with Crippen molar-refractivity contribution >= 4 is 0 Å². The van der Waals surface area contributed by atoms with Crippen molar-refractivity contribution in [1.29, 1.82) is 0 Å². The standard InChI is InChI=1S/C23H40O6.2CH4O/c1-8-18(26-6)16(4)22-23(29-22)20(24)14(2)10-9-11-15(3)21-19(27-7)12-17(25-5)13-28-21;2*1-2/h9-11,14,16-24H,8,12-13H2,1-7H3;2*2H,1H3/b10-9+,15-11+;;. The van der Waals surface area contributed by atoms with E-state index < -0.39 is 6.10 Å². The van der Waals surface area contributed by atoms with Gasteiger partial charge in [0.25, 0.3) is 0 Å². The van der Waals surface area contributed by atoms with Crippen molar-refractivity contribution in [3.05, 3.63) is 23.8 Å². The second-order valence-corrected chi connectivity index (χ2v) is 8.37. The van der Waals surface area contributed by atoms with Gasteiger partial charge in [-0.1, -0.05) is 39.0 Å². The molecule has 0 bridgehead atoms. The van der Waals surface area contributed by atoms with Crippen LogP contribution >= 0.6 is 0 Å². The first kappa shape index (κ1) is 32.2. The lowest BCUT2D eigenvalue weighted by molar-refractivity contribution is -0.129. The minimum Gasteiger partial charge on any atom is -0.400 e. The Kier molecular flexibility index (Phi) is 17.1. The van der Waals surface area contributed by atoms with E-state index in [1.54, 1.807) is 21.3 Å². The van der Waals surface area contributed by atoms with Gasteiger partial charge in [-0.15, -0.1) is 0 Å². The third-order valence-corrected chi connectivity index (χ3v) is 6.40. The van der Waals surface area contributed by atoms with Gasteiger partial charge in [-0.05, 0) is 18.9 Å². The van der Waals surface area contributed by atoms with Crippen LogP contribution in [-0.2, 0) is 23.7 Å². The van der Waals surface area contributed by atoms with Gasteiger partial charge >= 0.3 is 0 Å². The topological polar surface area (TPSA) is 110 Å². The van der Waals surface area contributed by atoms with Gasteiger partial charge in [0.15, 0.2) is 0 Å². The fourth-order valence-corrected chi connectivity index (χ4v) is 4.27. The summed E-state index contributed by atoms with van der Waals surface area (Å²) in [6, 6.07) is 0. The van der Waals surface area contributed by atoms with Gasteiger partial charge in [-0.2, -0.15) is 0 Å². The summed E-state index contributed by atoms with van der Waals surface area (Å²) in [5.41, 5.74) is 1.10. The van der Waals surface area contributed by atoms with Crippen LogP contribution < -0.4 is 0 Å². The lowest BCUT2D eigenvalue weighted by atomic mass is 9.91. The molecule has 3 N–H and O–H groups in total. The van der Waals surface area contributed by atoms with Crippen molar-refractivity contribution in [3.63, 3.8) is 0 Å². The van der Waals surface area contributed by atoms with Crippen molar-refractivity contribution in [1.82, 2.24) is 0 Å². The van der Waals surface area contributed by atoms with Crippen LogP contribution in [0.3, 0.4) is 0 Å². The maximum Gasteiger partial charge on any atom is 0.111 e. The molecule has 2 fully saturated rings. The van der Waals surface area contributed by atoms with Crippen molar-refractivity contribution in [2.75, 3.05) is 42.2 Å². The molecule has 2 saturated heterocycles. The second kappa shape index (κ2) is 17.6. The summed E-state index contributed by atoms with van der Waals surface area (Å²) in [5, 5.41) is 24.7. The highest BCUT2D eigenvalue weighted by Gasteiger charge is 2.50. The Morgan fingerprint density at radius 1 is 1.06 bits per heavy atom. The molecule has 0 amide bonds. The van der Waals surface area contributed by atoms with Gasteiger partial charge in [-0.3, -0.25) is 0 Å². The van der Waals surface area contributed by atoms with Crippen molar-refractivity contribution in [2.45, 2.75) is 83.3 Å². The fourth-order valence-electron chi connectivity index (χ4n) is 4.27. The Balaban J connectivity index is 0.00000242. The van der Waals surface area contributed by atoms with Crippen LogP contribution in [0, 0.1) is 11.8 Å². The molecule has 8 nitrogen and oxygen atoms in total. The van der Waals surface area contributed by atoms with Crippen LogP contribution in [0.2, 0.25) is 0 Å². The molecule has 0 aromatic rings. The molecule has 0 aromatic carbocycles. The molecule has 2 rings (SSSR count). The normalized spacial score (nSPS) is 30.9. The smallest absolute Gasteiger partial charge is 0.111 e. The van der Waals surface area contributed by atoms with Gasteiger partial charge in [0.1, 0.15) is 12.2 Å². The highest BCUT2D eigenvalue weighted by atomic mass is 16.6. The van der Waals surface area contributed by atoms with E-state index in [0.29, 0.717) is 6.61 Å². The number of methoxy groups -OCH3 is 3. The van der Waals surface area contributed by atoms with Crippen LogP contribution in [0.5, 0.6) is 0 Å². The summed E-state index contributed by atoms with van der Waals surface area (Å²) in [6.07, 6.45) is 7.38. The van der Waals surface area contributed by atoms with Gasteiger partial charge in [-0.25, -0.2) is 0 Å². The number of allylic oxidation sites excluding steroid dienone is 2. The van der Waals surface area contributed by atoms with Crippen LogP contribution in [0.1, 0.15) is 40.5 Å². The molecule has 196 valence electrons. The average molecular weight is 477 g/mol. The maximum absolute atomic E-state index is 10.7. The molecular weight excluding hydrogens is 428 g/mol. The van der Waals surface area contributed by atoms with E-state index in [9.17, 15) is 5.11 Å². The Hall–Kier alpha value is -0.840. The Morgan fingerprint density at radius 2 is 1.70 bits per heavy atom. The van der Waals surface area contributed by atoms with Gasteiger partial charge in [0.2, 0.25) is 0 Å². The lowest BCUT2D eigenvalue weighted by Crippen LogP contribution is -2.43. The predicted molar refractivity (Wildman–Crippen MR) is 129 cm³/mol. The van der Waals surface area contributed by atoms with Crippen LogP contribution in [0.25, 0.3) is 0 Å². The van der Waals surface area contributed by atoms with E-state index >= 15 is 0 Å². The van der Waals surface area contributed by atoms with Crippen molar-refractivity contribution in [2.24, 2.45) is 11.8 Å². The quantitative estimate of drug-likeness (QED) is 0.308. The third-order valence-electron chi connectivity index (χ3n) is 6.40. The minimum absolute atomic E-state index is 0.00719. The van der Waals surface area contributed by atoms with Crippen LogP contribution in [-0.4, -0.2) is 100 Å². The summed E-state index contributed by atoms with van der Waals surface area (Å²) in [4.78, 5) is 0. The minimum atomic E-state index is -0.526. The summed E-state index contributed by atoms with van der Waals surface area (Å²) >= 11 is 0. The van der Waals surface area contributed by atoms with Gasteiger partial charge in [0.05, 0.1) is 37.1 Å². The molecule has 0 aliphatic carbocycles. The van der Waals surface area contributed by atoms with E-state index in [2.05, 4.69) is 13.8 Å². The van der Waals surface area contributed by atoms with Gasteiger partial charge in [0, 0.05) is 53.8 Å². The van der Waals surface area contributed by atoms with Crippen LogP contribution in [0.4, 0.5) is 0 Å². The Labute approximate surface area is 200 Å². The van der Waals surface area contributed by atoms with E-state index in [1.165, 1.54) is 0 Å². The third kappa shape index (κ3) is 9.74. The summed E-state index contributed by atoms with van der Waals surface area (Å²) in [7, 11) is 7.14. The SMILES string of the molecule is CCC(OC)C(C)C1OC1C(O)C(C)/C=C/C=C(\C)C1OCC(OC)CC1OC.CO.CO. The molecule has 0 saturated carbocycles. The predicted octanol–water partition coefficient (Wildman–Crippen LogP) is 2.35. The maximum atomic E-state index is 10.7. The number of aliphatic hydroxyl groups is 3. The molecule has 9 unspecified atom stereocenters. The van der Waals surface area contributed by atoms with E-state index in [-0.39, 0.29) is 48.5 Å². The molecule has 2 heterocycles. The fraction of sp³-hybridized carbons (Fsp3) is 0.840. The monoisotopic (exact) mass is 476 g/mol. The summed E-state index contributed by atoms with van der Waals surface area (Å²) in [6.45, 7) is 8.88. The zero-order valence-corrected chi connectivity index (χ0v) is 21.9. The molecule has 2 aliphatic heterocycles. The summed E-state index contributed by atoms with van der Waals surface area (Å²) < 4.78 is 28.2. The van der Waals surface area contributed by atoms with Crippen LogP contribution in [0.15, 0.2) is 23.8 Å². The largest absolute Gasteiger partial charge is 0.400 e. The number of aliphatic hydroxyl groups excluding tert-OH is 3. The molecule has 2 aliphatic rings. The zero-order valence-electron chi connectivity index (χ0n) is 21.9. The second-order valence-electron chi connectivity index (χ2n) is 8.37. The molecule has 33 heavy (non-hydrogen) atoms. The first-order valence-corrected chi connectivity index (χ1v) is 11.7. The first-order chi connectivity index (χ1) is 15.9. The molecule has 8 heteroatoms. The molecule has 0 radical (unpaired) electrons. The highest BCUT2D eigenvalue weighted by molar-refractivity contribution is 5.18. The number of ether oxygens (including phenoxy) is 5. The number of rotatable bonds is 11. The van der Waals surface area contributed by atoms with Crippen molar-refractivity contribution in [3.8, 4) is 0 Å². The van der Waals surface area contributed by atoms with E-state index in [0.717, 1.165) is 32.6 Å². The number of hydrogen-bond acceptors (Lipinski definition) is 8. The lowest BCUT2D eigenvalue weighted by Gasteiger charge is -2.35. The molecular formula is C25H48O8. The van der Waals surface area contributed by atoms with Crippen molar-refractivity contribution < 1.29 is 39.0 Å². The zero-order chi connectivity index (χ0) is 25.6. The van der Waals surface area contributed by atoms with E-state index in [4.69, 9.17) is 33.9 Å². The first-order valence-electron chi connectivity index (χ1n) is 11.7. The highest BCUT2D eigenvalue weighted by Crippen LogP contribution is 2.37. The average Bonchev–Trinajstić information content (AvgIpc) is 3.67. The Bertz CT molecular complexity index is 549. The molecule has 0 aromatic heterocycles. The summed E-state index contributed by atoms with van der Waals surface area (Å²) in [5.74, 6) is 0.264.